The van der Waals surface area contributed by atoms with E-state index in [1.54, 1.807) is 20.8 Å². The molecule has 1 aliphatic carbocycles. The molecule has 2 N–H and O–H groups in total. The number of hydrogen-bond acceptors (Lipinski definition) is 4. The van der Waals surface area contributed by atoms with Gasteiger partial charge in [-0.1, -0.05) is 12.8 Å². The molecule has 1 aromatic rings. The van der Waals surface area contributed by atoms with Crippen LogP contribution < -0.4 is 15.4 Å². The van der Waals surface area contributed by atoms with Gasteiger partial charge in [0.15, 0.2) is 0 Å². The topological polar surface area (TPSA) is 76.7 Å². The van der Waals surface area contributed by atoms with Crippen molar-refractivity contribution in [2.24, 2.45) is 0 Å². The number of carbonyl (C=O) groups excluding carboxylic acids is 2. The molecule has 150 valence electrons. The van der Waals surface area contributed by atoms with Crippen LogP contribution in [0.1, 0.15) is 56.8 Å². The summed E-state index contributed by atoms with van der Waals surface area (Å²) in [5.41, 5.74) is -0.815. The van der Waals surface area contributed by atoms with Crippen molar-refractivity contribution in [3.8, 4) is 5.75 Å². The van der Waals surface area contributed by atoms with Gasteiger partial charge in [0.25, 0.3) is 5.91 Å². The Morgan fingerprint density at radius 2 is 1.74 bits per heavy atom. The summed E-state index contributed by atoms with van der Waals surface area (Å²) in [6, 6.07) is 5.50. The predicted octanol–water partition coefficient (Wildman–Crippen LogP) is 3.86. The number of rotatable bonds is 6. The third kappa shape index (κ3) is 6.69. The number of ether oxygens (including phenoxy) is 2. The summed E-state index contributed by atoms with van der Waals surface area (Å²) in [4.78, 5) is 24.5. The van der Waals surface area contributed by atoms with E-state index in [4.69, 9.17) is 4.74 Å². The highest BCUT2D eigenvalue weighted by atomic mass is 19.3. The Morgan fingerprint density at radius 3 is 2.26 bits per heavy atom. The first-order valence-corrected chi connectivity index (χ1v) is 8.93. The van der Waals surface area contributed by atoms with Crippen LogP contribution in [0.3, 0.4) is 0 Å². The van der Waals surface area contributed by atoms with Gasteiger partial charge in [0.05, 0.1) is 5.54 Å². The molecule has 0 atom stereocenters. The molecule has 0 aliphatic heterocycles. The minimum absolute atomic E-state index is 0.0104. The van der Waals surface area contributed by atoms with E-state index in [2.05, 4.69) is 15.4 Å². The lowest BCUT2D eigenvalue weighted by molar-refractivity contribution is -0.0498. The van der Waals surface area contributed by atoms with E-state index in [0.29, 0.717) is 5.56 Å². The average Bonchev–Trinajstić information content (AvgIpc) is 3.00. The van der Waals surface area contributed by atoms with Crippen LogP contribution in [0.5, 0.6) is 5.75 Å². The monoisotopic (exact) mass is 384 g/mol. The van der Waals surface area contributed by atoms with Crippen molar-refractivity contribution in [3.05, 3.63) is 29.8 Å². The maximum Gasteiger partial charge on any atom is 0.407 e. The predicted molar refractivity (Wildman–Crippen MR) is 96.0 cm³/mol. The van der Waals surface area contributed by atoms with Crippen molar-refractivity contribution in [1.82, 2.24) is 10.6 Å². The minimum atomic E-state index is -2.91. The first-order valence-electron chi connectivity index (χ1n) is 8.93. The number of nitrogens with one attached hydrogen (secondary N) is 2. The van der Waals surface area contributed by atoms with E-state index in [0.717, 1.165) is 25.7 Å². The number of amides is 2. The van der Waals surface area contributed by atoms with Crippen LogP contribution in [0.2, 0.25) is 0 Å². The van der Waals surface area contributed by atoms with Crippen LogP contribution in [0.4, 0.5) is 13.6 Å². The van der Waals surface area contributed by atoms with E-state index in [1.807, 2.05) is 0 Å². The molecule has 0 spiro atoms. The smallest absolute Gasteiger partial charge is 0.407 e. The molecule has 1 aromatic carbocycles. The van der Waals surface area contributed by atoms with Crippen molar-refractivity contribution < 1.29 is 27.8 Å². The zero-order chi connectivity index (χ0) is 20.1. The Labute approximate surface area is 157 Å². The zero-order valence-corrected chi connectivity index (χ0v) is 15.8. The van der Waals surface area contributed by atoms with Crippen molar-refractivity contribution in [1.29, 1.82) is 0 Å². The van der Waals surface area contributed by atoms with Crippen molar-refractivity contribution in [3.63, 3.8) is 0 Å². The molecular formula is C19H26F2N2O4. The molecule has 2 rings (SSSR count). The van der Waals surface area contributed by atoms with Crippen molar-refractivity contribution in [2.75, 3.05) is 6.54 Å². The maximum absolute atomic E-state index is 12.6. The number of alkyl halides is 2. The van der Waals surface area contributed by atoms with Crippen LogP contribution in [0, 0.1) is 0 Å². The molecule has 0 radical (unpaired) electrons. The lowest BCUT2D eigenvalue weighted by Crippen LogP contribution is -2.54. The highest BCUT2D eigenvalue weighted by Gasteiger charge is 2.36. The standard InChI is InChI=1S/C19H26F2N2O4/c1-18(2,3)27-17(25)22-12-19(10-4-5-11-19)23-15(24)13-6-8-14(9-7-13)26-16(20)21/h6-9,16H,4-5,10-12H2,1-3H3,(H,22,25)(H,23,24). The van der Waals surface area contributed by atoms with Crippen LogP contribution in [-0.4, -0.2) is 36.3 Å². The number of alkyl carbamates (subject to hydrolysis) is 1. The quantitative estimate of drug-likeness (QED) is 0.781. The Balaban J connectivity index is 1.98. The molecule has 0 heterocycles. The number of benzene rings is 1. The Bertz CT molecular complexity index is 651. The van der Waals surface area contributed by atoms with Gasteiger partial charge in [0, 0.05) is 12.1 Å². The third-order valence-corrected chi connectivity index (χ3v) is 4.25. The number of carbonyl (C=O) groups is 2. The molecule has 1 fully saturated rings. The second kappa shape index (κ2) is 8.54. The van der Waals surface area contributed by atoms with Crippen LogP contribution >= 0.6 is 0 Å². The van der Waals surface area contributed by atoms with Crippen LogP contribution in [-0.2, 0) is 4.74 Å². The second-order valence-corrected chi connectivity index (χ2v) is 7.70. The fourth-order valence-electron chi connectivity index (χ4n) is 3.05. The summed E-state index contributed by atoms with van der Waals surface area (Å²) in [6.07, 6.45) is 2.83. The average molecular weight is 384 g/mol. The van der Waals surface area contributed by atoms with E-state index in [-0.39, 0.29) is 18.2 Å². The lowest BCUT2D eigenvalue weighted by atomic mass is 9.96. The summed E-state index contributed by atoms with van der Waals surface area (Å²) in [5, 5.41) is 5.72. The van der Waals surface area contributed by atoms with Crippen molar-refractivity contribution >= 4 is 12.0 Å². The van der Waals surface area contributed by atoms with Crippen LogP contribution in [0.15, 0.2) is 24.3 Å². The van der Waals surface area contributed by atoms with E-state index >= 15 is 0 Å². The van der Waals surface area contributed by atoms with Crippen molar-refractivity contribution in [2.45, 2.75) is 64.2 Å². The summed E-state index contributed by atoms with van der Waals surface area (Å²) in [6.45, 7) is 2.69. The fourth-order valence-corrected chi connectivity index (χ4v) is 3.05. The first kappa shape index (κ1) is 20.9. The summed E-state index contributed by atoms with van der Waals surface area (Å²) in [7, 11) is 0. The van der Waals surface area contributed by atoms with Gasteiger partial charge in [0.1, 0.15) is 11.4 Å². The minimum Gasteiger partial charge on any atom is -0.444 e. The lowest BCUT2D eigenvalue weighted by Gasteiger charge is -2.31. The Kier molecular flexibility index (Phi) is 6.62. The summed E-state index contributed by atoms with van der Waals surface area (Å²) < 4.78 is 33.9. The molecule has 1 saturated carbocycles. The highest BCUT2D eigenvalue weighted by molar-refractivity contribution is 5.94. The normalized spacial score (nSPS) is 16.1. The Morgan fingerprint density at radius 1 is 1.15 bits per heavy atom. The van der Waals surface area contributed by atoms with E-state index in [1.165, 1.54) is 24.3 Å². The molecule has 1 aliphatic rings. The molecule has 27 heavy (non-hydrogen) atoms. The zero-order valence-electron chi connectivity index (χ0n) is 15.8. The maximum atomic E-state index is 12.6. The molecule has 0 aromatic heterocycles. The highest BCUT2D eigenvalue weighted by Crippen LogP contribution is 2.30. The molecule has 0 saturated heterocycles. The molecule has 6 nitrogen and oxygen atoms in total. The molecule has 0 unspecified atom stereocenters. The van der Waals surface area contributed by atoms with Gasteiger partial charge in [-0.2, -0.15) is 8.78 Å². The summed E-state index contributed by atoms with van der Waals surface area (Å²) in [5.74, 6) is -0.338. The van der Waals surface area contributed by atoms with E-state index in [9.17, 15) is 18.4 Å². The molecule has 0 bridgehead atoms. The van der Waals surface area contributed by atoms with Gasteiger partial charge in [-0.15, -0.1) is 0 Å². The fraction of sp³-hybridized carbons (Fsp3) is 0.579. The second-order valence-electron chi connectivity index (χ2n) is 7.70. The first-order chi connectivity index (χ1) is 12.6. The van der Waals surface area contributed by atoms with Gasteiger partial charge < -0.3 is 20.1 Å². The number of halogens is 2. The molecule has 2 amide bonds. The molecular weight excluding hydrogens is 358 g/mol. The number of hydrogen-bond donors (Lipinski definition) is 2. The van der Waals surface area contributed by atoms with E-state index < -0.39 is 23.8 Å². The van der Waals surface area contributed by atoms with Gasteiger partial charge >= 0.3 is 12.7 Å². The van der Waals surface area contributed by atoms with Gasteiger partial charge in [-0.05, 0) is 57.9 Å². The van der Waals surface area contributed by atoms with Crippen LogP contribution in [0.25, 0.3) is 0 Å². The Hall–Kier alpha value is -2.38. The summed E-state index contributed by atoms with van der Waals surface area (Å²) >= 11 is 0. The third-order valence-electron chi connectivity index (χ3n) is 4.25. The molecule has 8 heteroatoms. The largest absolute Gasteiger partial charge is 0.444 e. The van der Waals surface area contributed by atoms with Gasteiger partial charge in [-0.3, -0.25) is 4.79 Å². The van der Waals surface area contributed by atoms with Gasteiger partial charge in [-0.25, -0.2) is 4.79 Å². The van der Waals surface area contributed by atoms with Gasteiger partial charge in [0.2, 0.25) is 0 Å². The SMILES string of the molecule is CC(C)(C)OC(=O)NCC1(NC(=O)c2ccc(OC(F)F)cc2)CCCC1.